The van der Waals surface area contributed by atoms with Gasteiger partial charge in [0.2, 0.25) is 5.88 Å². The SMILES string of the molecule is CCc1nc(-c2ccc(C(C)C)nc2OC)c(CC)nc1NC(CC)CC. The third-order valence-corrected chi connectivity index (χ3v) is 4.96. The summed E-state index contributed by atoms with van der Waals surface area (Å²) in [4.78, 5) is 14.6. The summed E-state index contributed by atoms with van der Waals surface area (Å²) in [6.45, 7) is 12.9. The Balaban J connectivity index is 2.57. The minimum absolute atomic E-state index is 0.350. The van der Waals surface area contributed by atoms with E-state index in [1.807, 2.05) is 0 Å². The summed E-state index contributed by atoms with van der Waals surface area (Å²) in [6.07, 6.45) is 3.77. The van der Waals surface area contributed by atoms with Crippen LogP contribution in [0.1, 0.15) is 77.4 Å². The highest BCUT2D eigenvalue weighted by atomic mass is 16.5. The maximum atomic E-state index is 5.60. The molecular formula is C22H34N4O. The molecule has 5 heteroatoms. The monoisotopic (exact) mass is 370 g/mol. The van der Waals surface area contributed by atoms with E-state index in [1.54, 1.807) is 7.11 Å². The molecule has 0 aromatic carbocycles. The van der Waals surface area contributed by atoms with Gasteiger partial charge in [-0.05, 0) is 43.7 Å². The predicted octanol–water partition coefficient (Wildman–Crippen LogP) is 5.40. The minimum atomic E-state index is 0.350. The largest absolute Gasteiger partial charge is 0.480 e. The Kier molecular flexibility index (Phi) is 7.57. The standard InChI is InChI=1S/C22H34N4O/c1-8-15(9-2)23-21-18(11-4)24-20(17(10-3)25-21)16-12-13-19(14(5)6)26-22(16)27-7/h12-15H,8-11H2,1-7H3,(H,23,25). The molecule has 0 amide bonds. The summed E-state index contributed by atoms with van der Waals surface area (Å²) in [6, 6.07) is 4.55. The summed E-state index contributed by atoms with van der Waals surface area (Å²) in [5.74, 6) is 1.88. The van der Waals surface area contributed by atoms with Crippen molar-refractivity contribution in [2.75, 3.05) is 12.4 Å². The van der Waals surface area contributed by atoms with E-state index >= 15 is 0 Å². The highest BCUT2D eigenvalue weighted by Crippen LogP contribution is 2.32. The third-order valence-electron chi connectivity index (χ3n) is 4.96. The van der Waals surface area contributed by atoms with Crippen LogP contribution in [0.25, 0.3) is 11.3 Å². The quantitative estimate of drug-likeness (QED) is 0.641. The summed E-state index contributed by atoms with van der Waals surface area (Å²) in [5, 5.41) is 3.58. The number of aryl methyl sites for hydroxylation is 2. The summed E-state index contributed by atoms with van der Waals surface area (Å²) < 4.78 is 5.60. The number of ether oxygens (including phenoxy) is 1. The van der Waals surface area contributed by atoms with E-state index in [0.717, 1.165) is 59.8 Å². The Morgan fingerprint density at radius 1 is 0.926 bits per heavy atom. The molecule has 0 radical (unpaired) electrons. The molecular weight excluding hydrogens is 336 g/mol. The van der Waals surface area contributed by atoms with Crippen LogP contribution in [-0.2, 0) is 12.8 Å². The van der Waals surface area contributed by atoms with Gasteiger partial charge in [-0.1, -0.05) is 41.5 Å². The lowest BCUT2D eigenvalue weighted by molar-refractivity contribution is 0.397. The molecule has 0 fully saturated rings. The first-order chi connectivity index (χ1) is 13.0. The molecule has 5 nitrogen and oxygen atoms in total. The van der Waals surface area contributed by atoms with Gasteiger partial charge in [0, 0.05) is 11.7 Å². The van der Waals surface area contributed by atoms with Crippen molar-refractivity contribution in [1.29, 1.82) is 0 Å². The Morgan fingerprint density at radius 3 is 2.11 bits per heavy atom. The fraction of sp³-hybridized carbons (Fsp3) is 0.591. The molecule has 148 valence electrons. The number of methoxy groups -OCH3 is 1. The van der Waals surface area contributed by atoms with Crippen molar-refractivity contribution in [2.45, 2.75) is 79.2 Å². The molecule has 0 aliphatic carbocycles. The number of hydrogen-bond acceptors (Lipinski definition) is 5. The first-order valence-electron chi connectivity index (χ1n) is 10.2. The Morgan fingerprint density at radius 2 is 1.59 bits per heavy atom. The molecule has 2 aromatic heterocycles. The third kappa shape index (κ3) is 4.76. The molecule has 2 heterocycles. The molecule has 0 aliphatic rings. The van der Waals surface area contributed by atoms with Gasteiger partial charge < -0.3 is 10.1 Å². The van der Waals surface area contributed by atoms with Gasteiger partial charge in [-0.15, -0.1) is 0 Å². The average molecular weight is 371 g/mol. The topological polar surface area (TPSA) is 59.9 Å². The zero-order chi connectivity index (χ0) is 20.0. The molecule has 0 bridgehead atoms. The zero-order valence-electron chi connectivity index (χ0n) is 17.9. The molecule has 0 saturated carbocycles. The molecule has 0 spiro atoms. The van der Waals surface area contributed by atoms with Gasteiger partial charge in [-0.2, -0.15) is 0 Å². The summed E-state index contributed by atoms with van der Waals surface area (Å²) in [7, 11) is 1.67. The van der Waals surface area contributed by atoms with Crippen molar-refractivity contribution in [3.8, 4) is 17.1 Å². The summed E-state index contributed by atoms with van der Waals surface area (Å²) in [5.41, 5.74) is 4.77. The van der Waals surface area contributed by atoms with Crippen molar-refractivity contribution in [3.05, 3.63) is 29.2 Å². The second-order valence-corrected chi connectivity index (χ2v) is 7.13. The van der Waals surface area contributed by atoms with Gasteiger partial charge in [0.1, 0.15) is 5.82 Å². The maximum Gasteiger partial charge on any atom is 0.222 e. The van der Waals surface area contributed by atoms with Crippen LogP contribution in [-0.4, -0.2) is 28.1 Å². The molecule has 0 aliphatic heterocycles. The van der Waals surface area contributed by atoms with E-state index in [-0.39, 0.29) is 0 Å². The zero-order valence-corrected chi connectivity index (χ0v) is 17.9. The van der Waals surface area contributed by atoms with Crippen LogP contribution in [0.15, 0.2) is 12.1 Å². The first kappa shape index (κ1) is 21.1. The lowest BCUT2D eigenvalue weighted by Crippen LogP contribution is -2.20. The number of rotatable bonds is 9. The number of anilines is 1. The van der Waals surface area contributed by atoms with Crippen LogP contribution >= 0.6 is 0 Å². The smallest absolute Gasteiger partial charge is 0.222 e. The van der Waals surface area contributed by atoms with Gasteiger partial charge in [0.05, 0.1) is 29.8 Å². The van der Waals surface area contributed by atoms with Crippen molar-refractivity contribution in [1.82, 2.24) is 15.0 Å². The lowest BCUT2D eigenvalue weighted by Gasteiger charge is -2.20. The van der Waals surface area contributed by atoms with E-state index in [9.17, 15) is 0 Å². The number of hydrogen-bond donors (Lipinski definition) is 1. The molecule has 0 unspecified atom stereocenters. The van der Waals surface area contributed by atoms with E-state index in [1.165, 1.54) is 0 Å². The van der Waals surface area contributed by atoms with Gasteiger partial charge in [0.25, 0.3) is 0 Å². The van der Waals surface area contributed by atoms with Crippen molar-refractivity contribution in [2.24, 2.45) is 0 Å². The molecule has 2 rings (SSSR count). The second-order valence-electron chi connectivity index (χ2n) is 7.13. The fourth-order valence-electron chi connectivity index (χ4n) is 3.13. The van der Waals surface area contributed by atoms with Crippen molar-refractivity contribution < 1.29 is 4.74 Å². The first-order valence-corrected chi connectivity index (χ1v) is 10.2. The molecule has 0 saturated heterocycles. The molecule has 0 atom stereocenters. The van der Waals surface area contributed by atoms with Gasteiger partial charge in [0.15, 0.2) is 0 Å². The van der Waals surface area contributed by atoms with E-state index in [2.05, 4.69) is 64.0 Å². The highest BCUT2D eigenvalue weighted by molar-refractivity contribution is 5.69. The lowest BCUT2D eigenvalue weighted by atomic mass is 10.0. The van der Waals surface area contributed by atoms with Crippen LogP contribution in [0.3, 0.4) is 0 Å². The fourth-order valence-corrected chi connectivity index (χ4v) is 3.13. The van der Waals surface area contributed by atoms with Gasteiger partial charge in [-0.25, -0.2) is 15.0 Å². The highest BCUT2D eigenvalue weighted by Gasteiger charge is 2.19. The van der Waals surface area contributed by atoms with Crippen LogP contribution in [0, 0.1) is 0 Å². The van der Waals surface area contributed by atoms with Crippen LogP contribution in [0.5, 0.6) is 5.88 Å². The van der Waals surface area contributed by atoms with E-state index in [0.29, 0.717) is 17.8 Å². The number of nitrogens with one attached hydrogen (secondary N) is 1. The molecule has 2 aromatic rings. The molecule has 27 heavy (non-hydrogen) atoms. The van der Waals surface area contributed by atoms with Crippen molar-refractivity contribution >= 4 is 5.82 Å². The number of aromatic nitrogens is 3. The van der Waals surface area contributed by atoms with Crippen LogP contribution in [0.2, 0.25) is 0 Å². The van der Waals surface area contributed by atoms with E-state index < -0.39 is 0 Å². The Bertz CT molecular complexity index is 754. The van der Waals surface area contributed by atoms with Crippen molar-refractivity contribution in [3.63, 3.8) is 0 Å². The molecule has 1 N–H and O–H groups in total. The summed E-state index contributed by atoms with van der Waals surface area (Å²) >= 11 is 0. The Labute approximate surface area is 164 Å². The van der Waals surface area contributed by atoms with Gasteiger partial charge >= 0.3 is 0 Å². The number of pyridine rings is 1. The maximum absolute atomic E-state index is 5.60. The van der Waals surface area contributed by atoms with Gasteiger partial charge in [-0.3, -0.25) is 0 Å². The Hall–Kier alpha value is -2.17. The minimum Gasteiger partial charge on any atom is -0.480 e. The average Bonchev–Trinajstić information content (AvgIpc) is 2.70. The van der Waals surface area contributed by atoms with E-state index in [4.69, 9.17) is 14.7 Å². The van der Waals surface area contributed by atoms with Crippen LogP contribution in [0.4, 0.5) is 5.82 Å². The second kappa shape index (κ2) is 9.67. The number of nitrogens with zero attached hydrogens (tertiary/aromatic N) is 3. The predicted molar refractivity (Wildman–Crippen MR) is 113 cm³/mol. The van der Waals surface area contributed by atoms with Crippen LogP contribution < -0.4 is 10.1 Å². The normalized spacial score (nSPS) is 11.3.